The van der Waals surface area contributed by atoms with Crippen molar-refractivity contribution in [2.45, 2.75) is 20.8 Å². The van der Waals surface area contributed by atoms with E-state index in [0.29, 0.717) is 53.2 Å². The molecule has 0 saturated heterocycles. The van der Waals surface area contributed by atoms with Crippen molar-refractivity contribution in [3.63, 3.8) is 0 Å². The third kappa shape index (κ3) is 4.74. The van der Waals surface area contributed by atoms with Gasteiger partial charge in [-0.15, -0.1) is 11.3 Å². The van der Waals surface area contributed by atoms with Crippen LogP contribution < -0.4 is 19.5 Å². The highest BCUT2D eigenvalue weighted by Crippen LogP contribution is 2.40. The Morgan fingerprint density at radius 3 is 2.13 bits per heavy atom. The van der Waals surface area contributed by atoms with Crippen LogP contribution in [0.3, 0.4) is 0 Å². The SMILES string of the molecule is CCOc1cc(C(=O)Nc2sc3ccccc3c2C(=O)OC)cc(OCC)c1OCC. The lowest BCUT2D eigenvalue weighted by Gasteiger charge is -2.17. The number of carbonyl (C=O) groups excluding carboxylic acids is 2. The number of anilines is 1. The molecule has 3 rings (SSSR count). The Morgan fingerprint density at radius 1 is 0.935 bits per heavy atom. The van der Waals surface area contributed by atoms with Crippen LogP contribution in [0.25, 0.3) is 10.1 Å². The molecule has 0 spiro atoms. The number of hydrogen-bond acceptors (Lipinski definition) is 7. The third-order valence-electron chi connectivity index (χ3n) is 4.38. The fourth-order valence-electron chi connectivity index (χ4n) is 3.13. The van der Waals surface area contributed by atoms with E-state index in [1.807, 2.05) is 45.0 Å². The van der Waals surface area contributed by atoms with Gasteiger partial charge in [0, 0.05) is 15.6 Å². The van der Waals surface area contributed by atoms with Crippen molar-refractivity contribution in [1.29, 1.82) is 0 Å². The zero-order chi connectivity index (χ0) is 22.4. The van der Waals surface area contributed by atoms with Crippen LogP contribution in [0, 0.1) is 0 Å². The highest BCUT2D eigenvalue weighted by molar-refractivity contribution is 7.23. The molecule has 1 N–H and O–H groups in total. The predicted molar refractivity (Wildman–Crippen MR) is 121 cm³/mol. The lowest BCUT2D eigenvalue weighted by molar-refractivity contribution is 0.0604. The number of hydrogen-bond donors (Lipinski definition) is 1. The van der Waals surface area contributed by atoms with Gasteiger partial charge in [-0.2, -0.15) is 0 Å². The predicted octanol–water partition coefficient (Wildman–Crippen LogP) is 5.14. The molecule has 31 heavy (non-hydrogen) atoms. The van der Waals surface area contributed by atoms with E-state index in [4.69, 9.17) is 18.9 Å². The van der Waals surface area contributed by atoms with Gasteiger partial charge in [-0.05, 0) is 39.0 Å². The largest absolute Gasteiger partial charge is 0.490 e. The summed E-state index contributed by atoms with van der Waals surface area (Å²) in [5.41, 5.74) is 0.654. The summed E-state index contributed by atoms with van der Waals surface area (Å²) in [4.78, 5) is 25.5. The van der Waals surface area contributed by atoms with Gasteiger partial charge in [-0.1, -0.05) is 18.2 Å². The topological polar surface area (TPSA) is 83.1 Å². The highest BCUT2D eigenvalue weighted by atomic mass is 32.1. The summed E-state index contributed by atoms with van der Waals surface area (Å²) in [7, 11) is 1.32. The molecule has 164 valence electrons. The van der Waals surface area contributed by atoms with Crippen molar-refractivity contribution in [2.75, 3.05) is 32.2 Å². The van der Waals surface area contributed by atoms with Crippen molar-refractivity contribution in [1.82, 2.24) is 0 Å². The van der Waals surface area contributed by atoms with E-state index in [9.17, 15) is 9.59 Å². The molecule has 1 aromatic heterocycles. The average Bonchev–Trinajstić information content (AvgIpc) is 3.13. The Labute approximate surface area is 184 Å². The summed E-state index contributed by atoms with van der Waals surface area (Å²) in [5.74, 6) is 0.390. The summed E-state index contributed by atoms with van der Waals surface area (Å²) in [6.07, 6.45) is 0. The van der Waals surface area contributed by atoms with Crippen molar-refractivity contribution in [2.24, 2.45) is 0 Å². The van der Waals surface area contributed by atoms with E-state index in [2.05, 4.69) is 5.32 Å². The van der Waals surface area contributed by atoms with Crippen molar-refractivity contribution < 1.29 is 28.5 Å². The molecule has 0 saturated carbocycles. The second kappa shape index (κ2) is 10.2. The van der Waals surface area contributed by atoms with E-state index in [0.717, 1.165) is 10.1 Å². The Hall–Kier alpha value is -3.26. The van der Waals surface area contributed by atoms with Gasteiger partial charge in [0.2, 0.25) is 5.75 Å². The summed E-state index contributed by atoms with van der Waals surface area (Å²) in [6, 6.07) is 10.6. The number of esters is 1. The standard InChI is InChI=1S/C23H25NO6S/c1-5-28-16-12-14(13-17(29-6-2)20(16)30-7-3)21(25)24-22-19(23(26)27-4)15-10-8-9-11-18(15)31-22/h8-13H,5-7H2,1-4H3,(H,24,25). The maximum Gasteiger partial charge on any atom is 0.341 e. The van der Waals surface area contributed by atoms with Crippen LogP contribution in [0.5, 0.6) is 17.2 Å². The normalized spacial score (nSPS) is 10.6. The minimum absolute atomic E-state index is 0.323. The first kappa shape index (κ1) is 22.4. The molecule has 0 fully saturated rings. The minimum atomic E-state index is -0.510. The Balaban J connectivity index is 2.03. The molecular weight excluding hydrogens is 418 g/mol. The first-order valence-corrected chi connectivity index (χ1v) is 10.8. The Kier molecular flexibility index (Phi) is 7.36. The molecule has 0 unspecified atom stereocenters. The van der Waals surface area contributed by atoms with E-state index >= 15 is 0 Å². The van der Waals surface area contributed by atoms with E-state index in [1.165, 1.54) is 18.4 Å². The molecule has 0 aliphatic carbocycles. The van der Waals surface area contributed by atoms with Gasteiger partial charge in [0.25, 0.3) is 5.91 Å². The molecule has 0 aliphatic rings. The van der Waals surface area contributed by atoms with Gasteiger partial charge < -0.3 is 24.3 Å². The summed E-state index contributed by atoms with van der Waals surface area (Å²) in [6.45, 7) is 6.79. The van der Waals surface area contributed by atoms with Gasteiger partial charge in [0.05, 0.1) is 26.9 Å². The van der Waals surface area contributed by atoms with Gasteiger partial charge in [0.15, 0.2) is 11.5 Å². The minimum Gasteiger partial charge on any atom is -0.490 e. The van der Waals surface area contributed by atoms with E-state index < -0.39 is 11.9 Å². The van der Waals surface area contributed by atoms with Crippen LogP contribution in [0.15, 0.2) is 36.4 Å². The molecule has 3 aromatic rings. The lowest BCUT2D eigenvalue weighted by atomic mass is 10.1. The van der Waals surface area contributed by atoms with Crippen molar-refractivity contribution in [3.05, 3.63) is 47.5 Å². The van der Waals surface area contributed by atoms with Crippen LogP contribution in [0.4, 0.5) is 5.00 Å². The maximum absolute atomic E-state index is 13.1. The average molecular weight is 444 g/mol. The van der Waals surface area contributed by atoms with Crippen LogP contribution in [0.2, 0.25) is 0 Å². The third-order valence-corrected chi connectivity index (χ3v) is 5.47. The molecule has 0 radical (unpaired) electrons. The molecular formula is C23H25NO6S. The van der Waals surface area contributed by atoms with E-state index in [1.54, 1.807) is 12.1 Å². The second-order valence-corrected chi connectivity index (χ2v) is 7.40. The zero-order valence-corrected chi connectivity index (χ0v) is 18.8. The number of rotatable bonds is 9. The first-order valence-electron chi connectivity index (χ1n) is 10.0. The summed E-state index contributed by atoms with van der Waals surface area (Å²) < 4.78 is 22.9. The number of benzene rings is 2. The monoisotopic (exact) mass is 443 g/mol. The first-order chi connectivity index (χ1) is 15.0. The number of thiophene rings is 1. The Morgan fingerprint density at radius 2 is 1.55 bits per heavy atom. The fourth-order valence-corrected chi connectivity index (χ4v) is 4.22. The van der Waals surface area contributed by atoms with Gasteiger partial charge in [-0.25, -0.2) is 4.79 Å². The lowest BCUT2D eigenvalue weighted by Crippen LogP contribution is -2.15. The molecule has 2 aromatic carbocycles. The molecule has 1 heterocycles. The maximum atomic E-state index is 13.1. The number of methoxy groups -OCH3 is 1. The molecule has 1 amide bonds. The van der Waals surface area contributed by atoms with Crippen LogP contribution >= 0.6 is 11.3 Å². The quantitative estimate of drug-likeness (QED) is 0.461. The number of carbonyl (C=O) groups is 2. The molecule has 0 atom stereocenters. The number of fused-ring (bicyclic) bond motifs is 1. The zero-order valence-electron chi connectivity index (χ0n) is 17.9. The van der Waals surface area contributed by atoms with E-state index in [-0.39, 0.29) is 0 Å². The Bertz CT molecular complexity index is 1060. The van der Waals surface area contributed by atoms with Crippen LogP contribution in [-0.4, -0.2) is 38.8 Å². The van der Waals surface area contributed by atoms with Gasteiger partial charge in [-0.3, -0.25) is 4.79 Å². The summed E-state index contributed by atoms with van der Waals surface area (Å²) >= 11 is 1.31. The van der Waals surface area contributed by atoms with Crippen LogP contribution in [0.1, 0.15) is 41.5 Å². The second-order valence-electron chi connectivity index (χ2n) is 6.35. The molecule has 0 aliphatic heterocycles. The van der Waals surface area contributed by atoms with Crippen molar-refractivity contribution in [3.8, 4) is 17.2 Å². The summed E-state index contributed by atoms with van der Waals surface area (Å²) in [5, 5.41) is 4.00. The molecule has 7 nitrogen and oxygen atoms in total. The van der Waals surface area contributed by atoms with Crippen molar-refractivity contribution >= 4 is 38.3 Å². The fraction of sp³-hybridized carbons (Fsp3) is 0.304. The number of amides is 1. The molecule has 0 bridgehead atoms. The highest BCUT2D eigenvalue weighted by Gasteiger charge is 2.23. The number of nitrogens with one attached hydrogen (secondary N) is 1. The number of ether oxygens (including phenoxy) is 4. The molecule has 8 heteroatoms. The van der Waals surface area contributed by atoms with Gasteiger partial charge >= 0.3 is 5.97 Å². The smallest absolute Gasteiger partial charge is 0.341 e. The van der Waals surface area contributed by atoms with Crippen LogP contribution in [-0.2, 0) is 4.74 Å². The van der Waals surface area contributed by atoms with Gasteiger partial charge in [0.1, 0.15) is 10.6 Å².